The van der Waals surface area contributed by atoms with Crippen molar-refractivity contribution in [2.45, 2.75) is 96.7 Å². The normalized spacial score (nSPS) is 57.3. The van der Waals surface area contributed by atoms with Crippen LogP contribution in [0.4, 0.5) is 0 Å². The van der Waals surface area contributed by atoms with E-state index in [0.717, 1.165) is 37.0 Å². The van der Waals surface area contributed by atoms with Gasteiger partial charge in [-0.2, -0.15) is 0 Å². The molecule has 0 aliphatic heterocycles. The Balaban J connectivity index is 1.65. The molecule has 0 amide bonds. The van der Waals surface area contributed by atoms with E-state index in [1.165, 1.54) is 44.9 Å². The zero-order valence-corrected chi connectivity index (χ0v) is 15.4. The number of hydrogen-bond acceptors (Lipinski definition) is 2. The van der Waals surface area contributed by atoms with Crippen molar-refractivity contribution in [3.63, 3.8) is 0 Å². The highest BCUT2D eigenvalue weighted by Gasteiger charge is 2.65. The molecule has 4 aliphatic rings. The zero-order valence-electron chi connectivity index (χ0n) is 15.4. The third-order valence-electron chi connectivity index (χ3n) is 9.49. The lowest BCUT2D eigenvalue weighted by molar-refractivity contribution is -0.183. The number of hydrogen-bond donors (Lipinski definition) is 2. The van der Waals surface area contributed by atoms with Gasteiger partial charge in [0.15, 0.2) is 0 Å². The standard InChI is InChI=1S/C21H36O2/c1-14(22)21(23)13-10-18-16-8-7-15-6-4-5-11-19(15,2)17(16)9-12-20(18,21)3/h14-18,22-23H,4-13H2,1-3H3/t14-,15+,16+,17+,18+,19-,20+,21-/m0/s1. The van der Waals surface area contributed by atoms with Gasteiger partial charge in [-0.05, 0) is 87.4 Å². The van der Waals surface area contributed by atoms with E-state index in [0.29, 0.717) is 11.3 Å². The fourth-order valence-electron chi connectivity index (χ4n) is 8.03. The van der Waals surface area contributed by atoms with Crippen LogP contribution in [0.25, 0.3) is 0 Å². The summed E-state index contributed by atoms with van der Waals surface area (Å²) in [4.78, 5) is 0. The van der Waals surface area contributed by atoms with Crippen molar-refractivity contribution in [1.82, 2.24) is 0 Å². The highest BCUT2D eigenvalue weighted by Crippen LogP contribution is 2.68. The van der Waals surface area contributed by atoms with Crippen LogP contribution in [0.2, 0.25) is 0 Å². The van der Waals surface area contributed by atoms with Gasteiger partial charge in [-0.15, -0.1) is 0 Å². The van der Waals surface area contributed by atoms with Crippen LogP contribution in [-0.4, -0.2) is 21.9 Å². The first-order chi connectivity index (χ1) is 10.8. The Kier molecular flexibility index (Phi) is 3.71. The lowest BCUT2D eigenvalue weighted by Crippen LogP contribution is -2.58. The monoisotopic (exact) mass is 320 g/mol. The fraction of sp³-hybridized carbons (Fsp3) is 1.00. The molecule has 4 fully saturated rings. The molecule has 0 unspecified atom stereocenters. The van der Waals surface area contributed by atoms with Crippen molar-refractivity contribution in [3.05, 3.63) is 0 Å². The van der Waals surface area contributed by atoms with Crippen LogP contribution < -0.4 is 0 Å². The first kappa shape index (κ1) is 16.4. The predicted molar refractivity (Wildman–Crippen MR) is 93.0 cm³/mol. The summed E-state index contributed by atoms with van der Waals surface area (Å²) in [6.07, 6.45) is 12.3. The van der Waals surface area contributed by atoms with E-state index in [1.54, 1.807) is 6.92 Å². The third-order valence-corrected chi connectivity index (χ3v) is 9.49. The molecule has 0 heterocycles. The molecule has 0 aromatic rings. The second kappa shape index (κ2) is 5.21. The number of rotatable bonds is 1. The summed E-state index contributed by atoms with van der Waals surface area (Å²) in [6.45, 7) is 6.70. The minimum atomic E-state index is -0.854. The van der Waals surface area contributed by atoms with Crippen LogP contribution in [-0.2, 0) is 0 Å². The van der Waals surface area contributed by atoms with E-state index in [2.05, 4.69) is 13.8 Å². The molecule has 2 heteroatoms. The molecule has 4 saturated carbocycles. The summed E-state index contributed by atoms with van der Waals surface area (Å²) in [6, 6.07) is 0. The van der Waals surface area contributed by atoms with E-state index >= 15 is 0 Å². The average molecular weight is 321 g/mol. The Morgan fingerprint density at radius 1 is 0.870 bits per heavy atom. The molecule has 0 aromatic heterocycles. The quantitative estimate of drug-likeness (QED) is 0.745. The minimum Gasteiger partial charge on any atom is -0.390 e. The van der Waals surface area contributed by atoms with Crippen molar-refractivity contribution in [2.24, 2.45) is 34.5 Å². The molecular formula is C21H36O2. The molecule has 2 nitrogen and oxygen atoms in total. The van der Waals surface area contributed by atoms with Gasteiger partial charge in [0.1, 0.15) is 0 Å². The van der Waals surface area contributed by atoms with Gasteiger partial charge in [-0.1, -0.05) is 26.7 Å². The summed E-state index contributed by atoms with van der Waals surface area (Å²) < 4.78 is 0. The Morgan fingerprint density at radius 3 is 2.35 bits per heavy atom. The Hall–Kier alpha value is -0.0800. The van der Waals surface area contributed by atoms with Crippen LogP contribution >= 0.6 is 0 Å². The number of aliphatic hydroxyl groups is 2. The molecule has 0 bridgehead atoms. The van der Waals surface area contributed by atoms with E-state index < -0.39 is 11.7 Å². The Bertz CT molecular complexity index is 474. The molecule has 0 spiro atoms. The van der Waals surface area contributed by atoms with Crippen LogP contribution in [0.3, 0.4) is 0 Å². The number of fused-ring (bicyclic) bond motifs is 5. The van der Waals surface area contributed by atoms with Crippen LogP contribution in [0.1, 0.15) is 85.0 Å². The molecule has 23 heavy (non-hydrogen) atoms. The average Bonchev–Trinajstić information content (AvgIpc) is 2.80. The first-order valence-corrected chi connectivity index (χ1v) is 10.2. The maximum atomic E-state index is 11.3. The molecule has 132 valence electrons. The van der Waals surface area contributed by atoms with Crippen LogP contribution in [0.5, 0.6) is 0 Å². The lowest BCUT2D eigenvalue weighted by atomic mass is 9.44. The third kappa shape index (κ3) is 2.00. The Morgan fingerprint density at radius 2 is 1.61 bits per heavy atom. The van der Waals surface area contributed by atoms with Gasteiger partial charge < -0.3 is 10.2 Å². The zero-order chi connectivity index (χ0) is 16.5. The first-order valence-electron chi connectivity index (χ1n) is 10.2. The van der Waals surface area contributed by atoms with Gasteiger partial charge in [-0.3, -0.25) is 0 Å². The fourth-order valence-corrected chi connectivity index (χ4v) is 8.03. The summed E-state index contributed by atoms with van der Waals surface area (Å²) in [5.74, 6) is 3.25. The van der Waals surface area contributed by atoms with E-state index in [4.69, 9.17) is 0 Å². The smallest absolute Gasteiger partial charge is 0.0958 e. The van der Waals surface area contributed by atoms with Crippen LogP contribution in [0, 0.1) is 34.5 Å². The second-order valence-corrected chi connectivity index (χ2v) is 10.00. The predicted octanol–water partition coefficient (Wildman–Crippen LogP) is 4.53. The molecule has 0 aromatic carbocycles. The van der Waals surface area contributed by atoms with Crippen molar-refractivity contribution in [1.29, 1.82) is 0 Å². The van der Waals surface area contributed by atoms with Crippen molar-refractivity contribution in [2.75, 3.05) is 0 Å². The number of aliphatic hydroxyl groups excluding tert-OH is 1. The highest BCUT2D eigenvalue weighted by molar-refractivity contribution is 5.15. The summed E-state index contributed by atoms with van der Waals surface area (Å²) >= 11 is 0. The second-order valence-electron chi connectivity index (χ2n) is 10.00. The molecule has 2 N–H and O–H groups in total. The molecule has 4 aliphatic carbocycles. The SMILES string of the molecule is C[C@H](O)[C@@]1(O)CC[C@@H]2[C@@H]3CC[C@H]4CCCC[C@]4(C)[C@@H]3CC[C@]21C. The molecular weight excluding hydrogens is 284 g/mol. The van der Waals surface area contributed by atoms with Crippen LogP contribution in [0.15, 0.2) is 0 Å². The van der Waals surface area contributed by atoms with Crippen molar-refractivity contribution >= 4 is 0 Å². The van der Waals surface area contributed by atoms with Gasteiger partial charge in [0.05, 0.1) is 11.7 Å². The highest BCUT2D eigenvalue weighted by atomic mass is 16.3. The van der Waals surface area contributed by atoms with Gasteiger partial charge >= 0.3 is 0 Å². The maximum absolute atomic E-state index is 11.3. The minimum absolute atomic E-state index is 0.0692. The molecule has 0 saturated heterocycles. The summed E-state index contributed by atoms with van der Waals surface area (Å²) in [7, 11) is 0. The topological polar surface area (TPSA) is 40.5 Å². The lowest BCUT2D eigenvalue weighted by Gasteiger charge is -2.61. The van der Waals surface area contributed by atoms with E-state index in [-0.39, 0.29) is 5.41 Å². The molecule has 8 atom stereocenters. The van der Waals surface area contributed by atoms with E-state index in [1.807, 2.05) is 0 Å². The van der Waals surface area contributed by atoms with Gasteiger partial charge in [-0.25, -0.2) is 0 Å². The Labute approximate surface area is 142 Å². The maximum Gasteiger partial charge on any atom is 0.0958 e. The molecule has 4 rings (SSSR count). The summed E-state index contributed by atoms with van der Waals surface area (Å²) in [5, 5.41) is 21.6. The summed E-state index contributed by atoms with van der Waals surface area (Å²) in [5.41, 5.74) is -0.360. The van der Waals surface area contributed by atoms with Crippen molar-refractivity contribution in [3.8, 4) is 0 Å². The largest absolute Gasteiger partial charge is 0.390 e. The van der Waals surface area contributed by atoms with Gasteiger partial charge in [0.2, 0.25) is 0 Å². The van der Waals surface area contributed by atoms with Crippen molar-refractivity contribution < 1.29 is 10.2 Å². The molecule has 0 radical (unpaired) electrons. The van der Waals surface area contributed by atoms with Gasteiger partial charge in [0.25, 0.3) is 0 Å². The van der Waals surface area contributed by atoms with Gasteiger partial charge in [0, 0.05) is 5.41 Å². The van der Waals surface area contributed by atoms with E-state index in [9.17, 15) is 10.2 Å².